The highest BCUT2D eigenvalue weighted by Gasteiger charge is 2.48. The fourth-order valence-electron chi connectivity index (χ4n) is 3.85. The molecule has 0 unspecified atom stereocenters. The highest BCUT2D eigenvalue weighted by molar-refractivity contribution is 5.89. The van der Waals surface area contributed by atoms with Crippen molar-refractivity contribution in [3.63, 3.8) is 0 Å². The van der Waals surface area contributed by atoms with Crippen molar-refractivity contribution < 1.29 is 71.0 Å². The summed E-state index contributed by atoms with van der Waals surface area (Å²) < 4.78 is 64.1. The summed E-state index contributed by atoms with van der Waals surface area (Å²) in [5, 5.41) is 35.5. The minimum atomic E-state index is -5.19. The van der Waals surface area contributed by atoms with Gasteiger partial charge < -0.3 is 35.8 Å². The number of carbonyl (C=O) groups excluding carboxylic acids is 4. The van der Waals surface area contributed by atoms with E-state index in [0.717, 1.165) is 48.9 Å². The van der Waals surface area contributed by atoms with Gasteiger partial charge in [0.15, 0.2) is 6.04 Å². The highest BCUT2D eigenvalue weighted by atomic mass is 19.4. The minimum Gasteiger partial charge on any atom is -0.542 e. The van der Waals surface area contributed by atoms with Gasteiger partial charge in [-0.3, -0.25) is 14.8 Å². The molecule has 1 aromatic rings. The second-order valence-electron chi connectivity index (χ2n) is 9.93. The van der Waals surface area contributed by atoms with Crippen molar-refractivity contribution in [1.29, 1.82) is 0 Å². The number of amides is 2. The maximum atomic E-state index is 13.0. The molecule has 232 valence electrons. The summed E-state index contributed by atoms with van der Waals surface area (Å²) in [6, 6.07) is 3.05. The average Bonchev–Trinajstić information content (AvgIpc) is 3.64. The molecule has 2 amide bonds. The lowest BCUT2D eigenvalue weighted by Crippen LogP contribution is -2.94. The molecule has 0 aromatic carbocycles. The van der Waals surface area contributed by atoms with Gasteiger partial charge in [-0.25, -0.2) is 0 Å². The number of quaternary nitrogens is 1. The number of halogens is 6. The maximum absolute atomic E-state index is 13.0. The number of carbonyl (C=O) groups is 4. The molecule has 2 aliphatic rings. The summed E-state index contributed by atoms with van der Waals surface area (Å²) >= 11 is 0. The van der Waals surface area contributed by atoms with E-state index in [0.29, 0.717) is 12.3 Å². The van der Waals surface area contributed by atoms with Gasteiger partial charge >= 0.3 is 12.4 Å². The van der Waals surface area contributed by atoms with Crippen LogP contribution in [-0.4, -0.2) is 59.9 Å². The van der Waals surface area contributed by atoms with E-state index >= 15 is 0 Å². The first-order valence-corrected chi connectivity index (χ1v) is 12.5. The van der Waals surface area contributed by atoms with Gasteiger partial charge in [-0.05, 0) is 44.1 Å². The van der Waals surface area contributed by atoms with Crippen molar-refractivity contribution in [1.82, 2.24) is 10.6 Å². The van der Waals surface area contributed by atoms with Crippen LogP contribution in [0.5, 0.6) is 0 Å². The monoisotopic (exact) mass is 602 g/mol. The zero-order valence-electron chi connectivity index (χ0n) is 22.2. The highest BCUT2D eigenvalue weighted by Crippen LogP contribution is 2.45. The third-order valence-corrected chi connectivity index (χ3v) is 6.01. The Hall–Kier alpha value is -3.63. The molecule has 0 spiro atoms. The predicted octanol–water partition coefficient (Wildman–Crippen LogP) is -1.44. The summed E-state index contributed by atoms with van der Waals surface area (Å²) in [5.74, 6) is -5.89. The fraction of sp³-hybridized carbons (Fsp3) is 0.625. The number of aliphatic carboxylic acids is 2. The molecule has 1 aliphatic heterocycles. The van der Waals surface area contributed by atoms with E-state index in [9.17, 15) is 41.1 Å². The number of pyridine rings is 1. The van der Waals surface area contributed by atoms with Gasteiger partial charge in [0, 0.05) is 22.8 Å². The van der Waals surface area contributed by atoms with E-state index in [1.165, 1.54) is 0 Å². The number of rotatable bonds is 7. The zero-order chi connectivity index (χ0) is 31.6. The van der Waals surface area contributed by atoms with E-state index in [4.69, 9.17) is 19.8 Å². The molecule has 1 saturated heterocycles. The van der Waals surface area contributed by atoms with Gasteiger partial charge in [0.1, 0.15) is 18.0 Å². The molecule has 2 heterocycles. The third kappa shape index (κ3) is 12.6. The second-order valence-corrected chi connectivity index (χ2v) is 9.93. The van der Waals surface area contributed by atoms with Crippen molar-refractivity contribution in [3.05, 3.63) is 30.1 Å². The SMILES string of the molecule is CC(C)C[C@@H](NC(=O)[C@H]1CCCC[NH2+]1)C(=O)NC1(c2ccc[n+](O)c2)CC1.O=C([O-])C(F)(F)F.O=C([O-])C(F)(F)F. The topological polar surface area (TPSA) is 179 Å². The molecular formula is C24H32F6N4O7. The molecule has 11 nitrogen and oxygen atoms in total. The van der Waals surface area contributed by atoms with Crippen molar-refractivity contribution in [2.24, 2.45) is 5.92 Å². The van der Waals surface area contributed by atoms with Crippen LogP contribution in [0.15, 0.2) is 24.5 Å². The van der Waals surface area contributed by atoms with Gasteiger partial charge in [0.25, 0.3) is 5.91 Å². The van der Waals surface area contributed by atoms with Gasteiger partial charge in [-0.1, -0.05) is 13.8 Å². The van der Waals surface area contributed by atoms with E-state index in [1.807, 2.05) is 6.07 Å². The van der Waals surface area contributed by atoms with Crippen molar-refractivity contribution in [3.8, 4) is 0 Å². The van der Waals surface area contributed by atoms with Crippen LogP contribution >= 0.6 is 0 Å². The lowest BCUT2D eigenvalue weighted by molar-refractivity contribution is -0.905. The number of hydrogen-bond acceptors (Lipinski definition) is 7. The Labute approximate surface area is 230 Å². The standard InChI is InChI=1S/C20H30N4O3.2C2HF3O2/c1-14(2)12-17(22-18(25)16-7-3-4-10-21-16)19(26)23-20(8-9-20)15-6-5-11-24(27)13-15;2*3-2(4,5)1(6)7/h5-6,11,13-14,16-17,21H,3-4,7-10,12H2,1-2H3,(H2-,22,23,25,26,27);2*(H,6,7)/t16-,17-;;/m1../s1. The number of nitrogens with one attached hydrogen (secondary N) is 2. The molecule has 1 aliphatic carbocycles. The van der Waals surface area contributed by atoms with Gasteiger partial charge in [-0.2, -0.15) is 26.3 Å². The number of nitrogens with zero attached hydrogens (tertiary/aromatic N) is 1. The van der Waals surface area contributed by atoms with E-state index in [-0.39, 0.29) is 17.9 Å². The molecule has 2 atom stereocenters. The van der Waals surface area contributed by atoms with Gasteiger partial charge in [-0.15, -0.1) is 0 Å². The lowest BCUT2D eigenvalue weighted by atomic mass is 9.99. The summed E-state index contributed by atoms with van der Waals surface area (Å²) in [6.45, 7) is 5.08. The summed E-state index contributed by atoms with van der Waals surface area (Å²) in [6.07, 6.45) is -1.87. The van der Waals surface area contributed by atoms with Crippen molar-refractivity contribution in [2.75, 3.05) is 6.54 Å². The Morgan fingerprint density at radius 1 is 1.07 bits per heavy atom. The van der Waals surface area contributed by atoms with Crippen LogP contribution in [0.1, 0.15) is 57.9 Å². The van der Waals surface area contributed by atoms with Crippen LogP contribution < -0.4 is 30.9 Å². The summed E-state index contributed by atoms with van der Waals surface area (Å²) in [7, 11) is 0. The normalized spacial score (nSPS) is 18.4. The predicted molar refractivity (Wildman–Crippen MR) is 121 cm³/mol. The van der Waals surface area contributed by atoms with Crippen molar-refractivity contribution >= 4 is 23.8 Å². The Morgan fingerprint density at radius 2 is 1.61 bits per heavy atom. The number of alkyl halides is 6. The van der Waals surface area contributed by atoms with Crippen LogP contribution in [-0.2, 0) is 24.7 Å². The number of carboxylic acids is 2. The van der Waals surface area contributed by atoms with Crippen LogP contribution in [0.3, 0.4) is 0 Å². The number of hydrogen-bond donors (Lipinski definition) is 4. The number of nitrogens with two attached hydrogens (primary N) is 1. The van der Waals surface area contributed by atoms with Gasteiger partial charge in [0.05, 0.1) is 12.1 Å². The molecule has 1 aromatic heterocycles. The molecule has 0 bridgehead atoms. The summed E-state index contributed by atoms with van der Waals surface area (Å²) in [5.41, 5.74) is 0.454. The van der Waals surface area contributed by atoms with E-state index in [2.05, 4.69) is 29.8 Å². The fourth-order valence-corrected chi connectivity index (χ4v) is 3.85. The molecule has 1 saturated carbocycles. The Balaban J connectivity index is 0.000000497. The molecule has 17 heteroatoms. The summed E-state index contributed by atoms with van der Waals surface area (Å²) in [4.78, 5) is 43.2. The first-order chi connectivity index (χ1) is 18.8. The quantitative estimate of drug-likeness (QED) is 0.168. The van der Waals surface area contributed by atoms with Crippen molar-refractivity contribution in [2.45, 2.75) is 82.3 Å². The Kier molecular flexibility index (Phi) is 12.8. The molecule has 0 radical (unpaired) electrons. The average molecular weight is 603 g/mol. The first-order valence-electron chi connectivity index (χ1n) is 12.5. The van der Waals surface area contributed by atoms with Crippen LogP contribution in [0.25, 0.3) is 0 Å². The maximum Gasteiger partial charge on any atom is 0.430 e. The number of piperidine rings is 1. The van der Waals surface area contributed by atoms with Gasteiger partial charge in [0.2, 0.25) is 18.3 Å². The lowest BCUT2D eigenvalue weighted by Gasteiger charge is -2.26. The molecule has 41 heavy (non-hydrogen) atoms. The molecular weight excluding hydrogens is 570 g/mol. The third-order valence-electron chi connectivity index (χ3n) is 6.01. The number of carboxylic acid groups (broad SMARTS) is 2. The minimum absolute atomic E-state index is 0.0340. The second kappa shape index (κ2) is 14.8. The van der Waals surface area contributed by atoms with E-state index in [1.54, 1.807) is 18.5 Å². The van der Waals surface area contributed by atoms with Crippen LogP contribution in [0.4, 0.5) is 26.3 Å². The number of aromatic nitrogens is 1. The smallest absolute Gasteiger partial charge is 0.430 e. The first kappa shape index (κ1) is 35.4. The van der Waals surface area contributed by atoms with E-state index < -0.39 is 35.9 Å². The Morgan fingerprint density at radius 3 is 2.00 bits per heavy atom. The molecule has 2 fully saturated rings. The zero-order valence-corrected chi connectivity index (χ0v) is 22.2. The molecule has 5 N–H and O–H groups in total. The van der Waals surface area contributed by atoms with Crippen LogP contribution in [0.2, 0.25) is 0 Å². The van der Waals surface area contributed by atoms with Crippen LogP contribution in [0, 0.1) is 5.92 Å². The largest absolute Gasteiger partial charge is 0.542 e. The Bertz CT molecular complexity index is 1030. The molecule has 3 rings (SSSR count).